The number of hydrogen-bond donors (Lipinski definition) is 3. The number of benzene rings is 2. The Morgan fingerprint density at radius 1 is 1.11 bits per heavy atom. The molecule has 1 amide bonds. The molecular formula is C24H25Cl2N2O6PS. The summed E-state index contributed by atoms with van der Waals surface area (Å²) >= 11 is 12.7. The van der Waals surface area contributed by atoms with Crippen LogP contribution in [0.5, 0.6) is 5.75 Å². The minimum atomic E-state index is -3.51. The molecule has 2 aromatic carbocycles. The van der Waals surface area contributed by atoms with Crippen molar-refractivity contribution in [1.29, 1.82) is 0 Å². The number of nitrogens with one attached hydrogen (secondary N) is 1. The lowest BCUT2D eigenvalue weighted by Gasteiger charge is -2.17. The van der Waals surface area contributed by atoms with E-state index < -0.39 is 35.9 Å². The van der Waals surface area contributed by atoms with Crippen molar-refractivity contribution in [3.8, 4) is 5.75 Å². The summed E-state index contributed by atoms with van der Waals surface area (Å²) in [6.07, 6.45) is 4.95. The van der Waals surface area contributed by atoms with E-state index in [1.54, 1.807) is 30.3 Å². The van der Waals surface area contributed by atoms with E-state index in [2.05, 4.69) is 12.0 Å². The molecule has 1 aromatic heterocycles. The second-order valence-electron chi connectivity index (χ2n) is 8.31. The van der Waals surface area contributed by atoms with Crippen molar-refractivity contribution in [3.63, 3.8) is 0 Å². The maximum absolute atomic E-state index is 12.9. The number of rotatable bonds is 10. The predicted molar refractivity (Wildman–Crippen MR) is 143 cm³/mol. The van der Waals surface area contributed by atoms with Crippen LogP contribution in [0.4, 0.5) is 0 Å². The first-order valence-corrected chi connectivity index (χ1v) is 15.3. The van der Waals surface area contributed by atoms with Gasteiger partial charge in [0.2, 0.25) is 10.0 Å². The van der Waals surface area contributed by atoms with Gasteiger partial charge in [-0.1, -0.05) is 43.3 Å². The summed E-state index contributed by atoms with van der Waals surface area (Å²) in [6, 6.07) is 10.5. The van der Waals surface area contributed by atoms with Crippen LogP contribution in [0, 0.1) is 0 Å². The average molecular weight is 571 g/mol. The summed E-state index contributed by atoms with van der Waals surface area (Å²) in [5, 5.41) is 23.0. The monoisotopic (exact) mass is 570 g/mol. The number of halogens is 2. The summed E-state index contributed by atoms with van der Waals surface area (Å²) in [5.74, 6) is -1.82. The highest BCUT2D eigenvalue weighted by Gasteiger charge is 2.25. The minimum Gasteiger partial charge on any atom is -0.508 e. The normalized spacial score (nSPS) is 13.2. The molecule has 12 heteroatoms. The molecule has 3 N–H and O–H groups in total. The molecule has 0 saturated carbocycles. The Morgan fingerprint density at radius 2 is 1.78 bits per heavy atom. The largest absolute Gasteiger partial charge is 0.508 e. The van der Waals surface area contributed by atoms with Crippen LogP contribution in [-0.2, 0) is 27.7 Å². The molecule has 0 aliphatic heterocycles. The molecule has 8 nitrogen and oxygen atoms in total. The van der Waals surface area contributed by atoms with Crippen LogP contribution in [-0.4, -0.2) is 59.6 Å². The minimum absolute atomic E-state index is 0.0335. The van der Waals surface area contributed by atoms with Crippen LogP contribution >= 0.6 is 31.1 Å². The topological polar surface area (TPSA) is 126 Å². The molecule has 0 spiro atoms. The first-order chi connectivity index (χ1) is 16.8. The molecule has 2 atom stereocenters. The molecule has 3 aromatic rings. The van der Waals surface area contributed by atoms with Crippen LogP contribution in [0.15, 0.2) is 54.9 Å². The van der Waals surface area contributed by atoms with E-state index in [-0.39, 0.29) is 27.8 Å². The van der Waals surface area contributed by atoms with Crippen molar-refractivity contribution in [2.24, 2.45) is 0 Å². The van der Waals surface area contributed by atoms with Crippen molar-refractivity contribution >= 4 is 58.3 Å². The number of hydrogen-bond acceptors (Lipinski definition) is 5. The fourth-order valence-electron chi connectivity index (χ4n) is 3.56. The lowest BCUT2D eigenvalue weighted by atomic mass is 10.1. The number of carbonyl (C=O) groups excluding carboxylic acids is 1. The van der Waals surface area contributed by atoms with Crippen LogP contribution in [0.3, 0.4) is 0 Å². The molecular weight excluding hydrogens is 546 g/mol. The quantitative estimate of drug-likeness (QED) is 0.319. The van der Waals surface area contributed by atoms with E-state index in [0.29, 0.717) is 12.0 Å². The number of aryl methyl sites for hydroxylation is 1. The van der Waals surface area contributed by atoms with Gasteiger partial charge in [-0.3, -0.25) is 8.77 Å². The number of aliphatic carboxylic acids is 1. The third kappa shape index (κ3) is 7.23. The standard InChI is InChI=1S/C24H25Cl2N2O6PS/c1-35(18-5-3-4-17(29)13-18)9-7-15-10-19(25)22(20(26)11-15)23(30)27-21(24(31)32)12-16-6-8-28(14-16)36(2,33)34/h3-6,8,10-11,13-14,21,29H,7,9,12H2,1-2H3,(H,27,30)(H,31,32). The third-order valence-corrected chi connectivity index (χ3v) is 9.13. The first-order valence-electron chi connectivity index (χ1n) is 10.7. The van der Waals surface area contributed by atoms with E-state index in [0.717, 1.165) is 27.3 Å². The van der Waals surface area contributed by atoms with E-state index in [1.807, 2.05) is 6.07 Å². The van der Waals surface area contributed by atoms with E-state index in [1.165, 1.54) is 18.5 Å². The number of carbonyl (C=O) groups is 2. The Balaban J connectivity index is 1.70. The van der Waals surface area contributed by atoms with Gasteiger partial charge >= 0.3 is 5.97 Å². The van der Waals surface area contributed by atoms with Gasteiger partial charge in [0, 0.05) is 18.8 Å². The van der Waals surface area contributed by atoms with Crippen molar-refractivity contribution in [2.75, 3.05) is 19.1 Å². The molecule has 0 fully saturated rings. The Bertz CT molecular complexity index is 1370. The van der Waals surface area contributed by atoms with Gasteiger partial charge in [0.05, 0.1) is 21.9 Å². The molecule has 0 aliphatic rings. The first kappa shape index (κ1) is 28.0. The number of aromatic nitrogens is 1. The van der Waals surface area contributed by atoms with Gasteiger partial charge in [-0.25, -0.2) is 13.2 Å². The maximum atomic E-state index is 12.9. The van der Waals surface area contributed by atoms with E-state index in [4.69, 9.17) is 23.2 Å². The van der Waals surface area contributed by atoms with Gasteiger partial charge in [-0.15, -0.1) is 0 Å². The van der Waals surface area contributed by atoms with Crippen molar-refractivity contribution in [2.45, 2.75) is 18.9 Å². The smallest absolute Gasteiger partial charge is 0.326 e. The van der Waals surface area contributed by atoms with E-state index >= 15 is 0 Å². The molecule has 3 rings (SSSR count). The fraction of sp³-hybridized carbons (Fsp3) is 0.250. The second kappa shape index (κ2) is 11.6. The lowest BCUT2D eigenvalue weighted by molar-refractivity contribution is -0.139. The average Bonchev–Trinajstić information content (AvgIpc) is 3.26. The second-order valence-corrected chi connectivity index (χ2v) is 13.4. The SMILES string of the molecule is CP(CCc1cc(Cl)c(C(=O)NC(Cc2ccn(S(C)(=O)=O)c2)C(=O)O)c(Cl)c1)c1cccc(O)c1. The third-order valence-electron chi connectivity index (χ3n) is 5.49. The number of nitrogens with zero attached hydrogens (tertiary/aromatic N) is 1. The molecule has 0 bridgehead atoms. The van der Waals surface area contributed by atoms with Crippen molar-refractivity contribution in [1.82, 2.24) is 9.29 Å². The number of carboxylic acid groups (broad SMARTS) is 1. The van der Waals surface area contributed by atoms with Gasteiger partial charge in [0.1, 0.15) is 11.8 Å². The zero-order valence-corrected chi connectivity index (χ0v) is 22.7. The Morgan fingerprint density at radius 3 is 2.33 bits per heavy atom. The Labute approximate surface area is 220 Å². The maximum Gasteiger partial charge on any atom is 0.326 e. The zero-order valence-electron chi connectivity index (χ0n) is 19.5. The van der Waals surface area contributed by atoms with Crippen LogP contribution in [0.1, 0.15) is 21.5 Å². The van der Waals surface area contributed by atoms with Crippen LogP contribution < -0.4 is 10.6 Å². The summed E-state index contributed by atoms with van der Waals surface area (Å²) in [5.41, 5.74) is 1.21. The van der Waals surface area contributed by atoms with Gasteiger partial charge in [0.15, 0.2) is 0 Å². The predicted octanol–water partition coefficient (Wildman–Crippen LogP) is 3.71. The molecule has 36 heavy (non-hydrogen) atoms. The highest BCUT2D eigenvalue weighted by Crippen LogP contribution is 2.33. The molecule has 0 saturated heterocycles. The van der Waals surface area contributed by atoms with Crippen molar-refractivity contribution < 1.29 is 28.2 Å². The lowest BCUT2D eigenvalue weighted by Crippen LogP contribution is -2.42. The number of phenolic OH excluding ortho intramolecular Hbond substituents is 1. The van der Waals surface area contributed by atoms with Crippen LogP contribution in [0.25, 0.3) is 0 Å². The van der Waals surface area contributed by atoms with Crippen molar-refractivity contribution in [3.05, 3.63) is 81.6 Å². The number of aromatic hydroxyl groups is 1. The van der Waals surface area contributed by atoms with Crippen LogP contribution in [0.2, 0.25) is 10.0 Å². The summed E-state index contributed by atoms with van der Waals surface area (Å²) in [4.78, 5) is 24.7. The zero-order chi connectivity index (χ0) is 26.6. The van der Waals surface area contributed by atoms with E-state index in [9.17, 15) is 28.2 Å². The number of phenols is 1. The molecule has 1 heterocycles. The van der Waals surface area contributed by atoms with Gasteiger partial charge in [-0.05, 0) is 66.0 Å². The molecule has 0 radical (unpaired) electrons. The highest BCUT2D eigenvalue weighted by atomic mass is 35.5. The van der Waals surface area contributed by atoms with Gasteiger partial charge in [0.25, 0.3) is 5.91 Å². The van der Waals surface area contributed by atoms with Gasteiger partial charge in [-0.2, -0.15) is 0 Å². The summed E-state index contributed by atoms with van der Waals surface area (Å²) in [7, 11) is -4.04. The summed E-state index contributed by atoms with van der Waals surface area (Å²) in [6.45, 7) is 2.10. The Hall–Kier alpha value is -2.58. The number of carboxylic acids is 1. The summed E-state index contributed by atoms with van der Waals surface area (Å²) < 4.78 is 24.2. The molecule has 0 aliphatic carbocycles. The molecule has 2 unspecified atom stereocenters. The highest BCUT2D eigenvalue weighted by molar-refractivity contribution is 7.89. The van der Waals surface area contributed by atoms with Gasteiger partial charge < -0.3 is 15.5 Å². The molecule has 192 valence electrons. The fourth-order valence-corrected chi connectivity index (χ4v) is 6.41. The Kier molecular flexibility index (Phi) is 9.06. The number of amides is 1.